The minimum Gasteiger partial charge on any atom is -0.481 e. The first-order valence-corrected chi connectivity index (χ1v) is 10.2. The number of ether oxygens (including phenoxy) is 1. The van der Waals surface area contributed by atoms with Crippen LogP contribution in [0.4, 0.5) is 11.5 Å². The van der Waals surface area contributed by atoms with Gasteiger partial charge in [0.1, 0.15) is 5.52 Å². The van der Waals surface area contributed by atoms with Crippen molar-refractivity contribution < 1.29 is 14.6 Å². The molecule has 0 amide bonds. The van der Waals surface area contributed by atoms with Crippen LogP contribution >= 0.6 is 13.5 Å². The van der Waals surface area contributed by atoms with Crippen LogP contribution in [0.1, 0.15) is 6.42 Å². The third-order valence-corrected chi connectivity index (χ3v) is 5.81. The number of pyridine rings is 1. The molecule has 3 aromatic rings. The zero-order chi connectivity index (χ0) is 20.5. The summed E-state index contributed by atoms with van der Waals surface area (Å²) in [6.07, 6.45) is 3.92. The Morgan fingerprint density at radius 3 is 2.48 bits per heavy atom. The average molecular weight is 440 g/mol. The number of fused-ring (bicyclic) bond motifs is 1. The van der Waals surface area contributed by atoms with Crippen LogP contribution in [0.5, 0.6) is 0 Å². The summed E-state index contributed by atoms with van der Waals surface area (Å²) in [7, 11) is 0. The second-order valence-electron chi connectivity index (χ2n) is 7.67. The maximum Gasteiger partial charge on any atom is 0.308 e. The zero-order valence-electron chi connectivity index (χ0n) is 17.1. The Balaban J connectivity index is 0.00000231. The van der Waals surface area contributed by atoms with Gasteiger partial charge in [0, 0.05) is 49.8 Å². The highest BCUT2D eigenvalue weighted by Gasteiger charge is 2.30. The Morgan fingerprint density at radius 2 is 1.77 bits per heavy atom. The van der Waals surface area contributed by atoms with Crippen LogP contribution in [0.15, 0.2) is 42.7 Å². The number of hydrogen-bond acceptors (Lipinski definition) is 7. The van der Waals surface area contributed by atoms with Crippen molar-refractivity contribution in [2.45, 2.75) is 6.42 Å². The monoisotopic (exact) mass is 439 g/mol. The lowest BCUT2D eigenvalue weighted by Crippen LogP contribution is -2.36. The quantitative estimate of drug-likeness (QED) is 0.663. The molecule has 1 aromatic carbocycles. The number of morpholine rings is 1. The highest BCUT2D eigenvalue weighted by atomic mass is 32.1. The lowest BCUT2D eigenvalue weighted by atomic mass is 10.1. The Kier molecular flexibility index (Phi) is 6.24. The summed E-state index contributed by atoms with van der Waals surface area (Å²) in [6, 6.07) is 10.3. The number of nitrogens with zero attached hydrogens (tertiary/aromatic N) is 5. The van der Waals surface area contributed by atoms with E-state index in [1.54, 1.807) is 12.4 Å². The topological polar surface area (TPSA) is 91.7 Å². The summed E-state index contributed by atoms with van der Waals surface area (Å²) >= 11 is 0. The average Bonchev–Trinajstić information content (AvgIpc) is 3.30. The number of rotatable bonds is 4. The van der Waals surface area contributed by atoms with Crippen LogP contribution in [-0.4, -0.2) is 65.4 Å². The summed E-state index contributed by atoms with van der Waals surface area (Å²) < 4.78 is 5.43. The predicted molar refractivity (Wildman–Crippen MR) is 124 cm³/mol. The Hall–Kier alpha value is -2.91. The molecule has 0 spiro atoms. The van der Waals surface area contributed by atoms with E-state index in [1.165, 1.54) is 5.69 Å². The third kappa shape index (κ3) is 4.28. The molecule has 162 valence electrons. The van der Waals surface area contributed by atoms with E-state index in [-0.39, 0.29) is 19.4 Å². The van der Waals surface area contributed by atoms with Crippen molar-refractivity contribution in [1.82, 2.24) is 15.0 Å². The van der Waals surface area contributed by atoms with Gasteiger partial charge in [-0.25, -0.2) is 9.97 Å². The summed E-state index contributed by atoms with van der Waals surface area (Å²) in [5.74, 6) is -0.436. The van der Waals surface area contributed by atoms with Crippen molar-refractivity contribution in [3.8, 4) is 11.3 Å². The van der Waals surface area contributed by atoms with Crippen molar-refractivity contribution in [1.29, 1.82) is 0 Å². The highest BCUT2D eigenvalue weighted by Crippen LogP contribution is 2.31. The van der Waals surface area contributed by atoms with Crippen LogP contribution in [-0.2, 0) is 9.53 Å². The van der Waals surface area contributed by atoms with Gasteiger partial charge in [-0.15, -0.1) is 0 Å². The fourth-order valence-corrected chi connectivity index (χ4v) is 4.14. The van der Waals surface area contributed by atoms with Gasteiger partial charge < -0.3 is 19.6 Å². The molecule has 5 rings (SSSR count). The number of anilines is 2. The van der Waals surface area contributed by atoms with Gasteiger partial charge in [0.25, 0.3) is 0 Å². The SMILES string of the molecule is O=C(O)[C@H]1CCN(c2nc(-c3ccc(N4CCOCC4)cc3)cc3nccnc23)C1.S. The first kappa shape index (κ1) is 21.3. The first-order chi connectivity index (χ1) is 14.7. The van der Waals surface area contributed by atoms with Crippen LogP contribution in [0.2, 0.25) is 0 Å². The van der Waals surface area contributed by atoms with Gasteiger partial charge >= 0.3 is 5.97 Å². The van der Waals surface area contributed by atoms with E-state index < -0.39 is 5.97 Å². The molecule has 9 heteroatoms. The molecule has 8 nitrogen and oxygen atoms in total. The Morgan fingerprint density at radius 1 is 1.03 bits per heavy atom. The second kappa shape index (κ2) is 9.07. The summed E-state index contributed by atoms with van der Waals surface area (Å²) in [5.41, 5.74) is 4.44. The maximum absolute atomic E-state index is 11.4. The molecule has 2 aliphatic rings. The fraction of sp³-hybridized carbons (Fsp3) is 0.364. The van der Waals surface area contributed by atoms with Crippen molar-refractivity contribution >= 4 is 42.0 Å². The molecular weight excluding hydrogens is 414 g/mol. The van der Waals surface area contributed by atoms with E-state index in [2.05, 4.69) is 39.1 Å². The largest absolute Gasteiger partial charge is 0.481 e. The number of carbonyl (C=O) groups is 1. The fourth-order valence-electron chi connectivity index (χ4n) is 4.14. The van der Waals surface area contributed by atoms with E-state index >= 15 is 0 Å². The predicted octanol–water partition coefficient (Wildman–Crippen LogP) is 2.55. The van der Waals surface area contributed by atoms with Gasteiger partial charge in [-0.1, -0.05) is 12.1 Å². The van der Waals surface area contributed by atoms with Crippen LogP contribution < -0.4 is 9.80 Å². The van der Waals surface area contributed by atoms with Gasteiger partial charge in [-0.2, -0.15) is 13.5 Å². The van der Waals surface area contributed by atoms with Crippen LogP contribution in [0.3, 0.4) is 0 Å². The van der Waals surface area contributed by atoms with Crippen molar-refractivity contribution in [2.24, 2.45) is 5.92 Å². The molecule has 2 fully saturated rings. The number of carboxylic acids is 1. The molecule has 31 heavy (non-hydrogen) atoms. The van der Waals surface area contributed by atoms with E-state index in [9.17, 15) is 9.90 Å². The summed E-state index contributed by atoms with van der Waals surface area (Å²) in [6.45, 7) is 4.38. The highest BCUT2D eigenvalue weighted by molar-refractivity contribution is 7.59. The molecular formula is C22H25N5O3S. The number of benzene rings is 1. The molecule has 0 aliphatic carbocycles. The molecule has 0 saturated carbocycles. The standard InChI is InChI=1S/C22H23N5O3.H2S/c28-22(29)16-5-8-27(14-16)21-20-19(23-6-7-24-20)13-18(25-21)15-1-3-17(4-2-15)26-9-11-30-12-10-26;/h1-4,6-7,13,16H,5,8-12,14H2,(H,28,29);1H2/t16-;/m0./s1. The minimum absolute atomic E-state index is 0. The van der Waals surface area contributed by atoms with Crippen LogP contribution in [0.25, 0.3) is 22.3 Å². The van der Waals surface area contributed by atoms with Gasteiger partial charge in [0.2, 0.25) is 0 Å². The normalized spacial score (nSPS) is 18.8. The van der Waals surface area contributed by atoms with E-state index in [0.29, 0.717) is 30.8 Å². The maximum atomic E-state index is 11.4. The molecule has 1 atom stereocenters. The minimum atomic E-state index is -0.761. The molecule has 2 aliphatic heterocycles. The second-order valence-corrected chi connectivity index (χ2v) is 7.67. The molecule has 2 aromatic heterocycles. The third-order valence-electron chi connectivity index (χ3n) is 5.81. The molecule has 2 saturated heterocycles. The smallest absolute Gasteiger partial charge is 0.308 e. The van der Waals surface area contributed by atoms with E-state index in [4.69, 9.17) is 9.72 Å². The molecule has 4 heterocycles. The Labute approximate surface area is 187 Å². The lowest BCUT2D eigenvalue weighted by Gasteiger charge is -2.28. The van der Waals surface area contributed by atoms with Crippen molar-refractivity contribution in [2.75, 3.05) is 49.2 Å². The van der Waals surface area contributed by atoms with Crippen LogP contribution in [0, 0.1) is 5.92 Å². The number of carboxylic acid groups (broad SMARTS) is 1. The summed E-state index contributed by atoms with van der Waals surface area (Å²) in [5, 5.41) is 9.37. The zero-order valence-corrected chi connectivity index (χ0v) is 18.1. The van der Waals surface area contributed by atoms with Gasteiger partial charge in [-0.3, -0.25) is 9.78 Å². The van der Waals surface area contributed by atoms with Crippen molar-refractivity contribution in [3.05, 3.63) is 42.7 Å². The first-order valence-electron chi connectivity index (χ1n) is 10.2. The van der Waals surface area contributed by atoms with Crippen molar-refractivity contribution in [3.63, 3.8) is 0 Å². The summed E-state index contributed by atoms with van der Waals surface area (Å²) in [4.78, 5) is 29.6. The van der Waals surface area contributed by atoms with Gasteiger partial charge in [0.05, 0.1) is 30.3 Å². The number of aliphatic carboxylic acids is 1. The van der Waals surface area contributed by atoms with E-state index in [1.807, 2.05) is 11.0 Å². The molecule has 0 bridgehead atoms. The molecule has 0 radical (unpaired) electrons. The van der Waals surface area contributed by atoms with Gasteiger partial charge in [-0.05, 0) is 24.6 Å². The van der Waals surface area contributed by atoms with Gasteiger partial charge in [0.15, 0.2) is 5.82 Å². The Bertz CT molecular complexity index is 1070. The lowest BCUT2D eigenvalue weighted by molar-refractivity contribution is -0.140. The molecule has 1 N–H and O–H groups in total. The number of aromatic nitrogens is 3. The number of hydrogen-bond donors (Lipinski definition) is 1. The van der Waals surface area contributed by atoms with E-state index in [0.717, 1.165) is 43.1 Å². The molecule has 0 unspecified atom stereocenters.